The molecule has 3 nitrogen and oxygen atoms in total. The van der Waals surface area contributed by atoms with Crippen molar-refractivity contribution in [3.63, 3.8) is 0 Å². The first kappa shape index (κ1) is 54.6. The number of para-hydroxylation sites is 1. The van der Waals surface area contributed by atoms with Crippen molar-refractivity contribution in [2.24, 2.45) is 0 Å². The second kappa shape index (κ2) is 21.3. The van der Waals surface area contributed by atoms with Crippen molar-refractivity contribution >= 4 is 56.1 Å². The van der Waals surface area contributed by atoms with Crippen LogP contribution in [0.2, 0.25) is 0 Å². The summed E-state index contributed by atoms with van der Waals surface area (Å²) in [6.07, 6.45) is 0. The first-order chi connectivity index (χ1) is 43.9. The molecule has 0 unspecified atom stereocenters. The maximum atomic E-state index is 7.58. The Morgan fingerprint density at radius 1 is 0.289 bits per heavy atom. The average molecular weight is 1160 g/mol. The maximum Gasteiger partial charge on any atom is 0.145 e. The Balaban J connectivity index is 1.01. The van der Waals surface area contributed by atoms with Gasteiger partial charge in [0, 0.05) is 39.1 Å². The molecular formula is C87H68N2O. The third-order valence-corrected chi connectivity index (χ3v) is 19.0. The number of rotatable bonds is 10. The Kier molecular flexibility index (Phi) is 12.9. The van der Waals surface area contributed by atoms with E-state index in [4.69, 9.17) is 4.42 Å². The smallest absolute Gasteiger partial charge is 0.145 e. The zero-order chi connectivity index (χ0) is 60.9. The van der Waals surface area contributed by atoms with Gasteiger partial charge in [-0.2, -0.15) is 0 Å². The lowest BCUT2D eigenvalue weighted by molar-refractivity contribution is 0.590. The molecule has 2 aliphatic carbocycles. The summed E-state index contributed by atoms with van der Waals surface area (Å²) in [5.41, 5.74) is 28.6. The van der Waals surface area contributed by atoms with Gasteiger partial charge < -0.3 is 14.2 Å². The molecule has 432 valence electrons. The van der Waals surface area contributed by atoms with E-state index < -0.39 is 5.41 Å². The molecule has 1 spiro atoms. The molecule has 90 heavy (non-hydrogen) atoms. The quantitative estimate of drug-likeness (QED) is 0.136. The van der Waals surface area contributed by atoms with Crippen LogP contribution in [0.5, 0.6) is 0 Å². The van der Waals surface area contributed by atoms with E-state index in [9.17, 15) is 0 Å². The molecule has 0 saturated carbocycles. The lowest BCUT2D eigenvalue weighted by atomic mass is 9.70. The Morgan fingerprint density at radius 2 is 0.722 bits per heavy atom. The number of anilines is 6. The van der Waals surface area contributed by atoms with E-state index in [1.807, 2.05) is 0 Å². The largest absolute Gasteiger partial charge is 0.455 e. The second-order valence-corrected chi connectivity index (χ2v) is 26.4. The van der Waals surface area contributed by atoms with Crippen LogP contribution in [0.25, 0.3) is 88.7 Å². The summed E-state index contributed by atoms with van der Waals surface area (Å²) in [6, 6.07) is 113. The predicted octanol–water partition coefficient (Wildman–Crippen LogP) is 24.1. The van der Waals surface area contributed by atoms with E-state index in [1.54, 1.807) is 0 Å². The van der Waals surface area contributed by atoms with Gasteiger partial charge in [-0.15, -0.1) is 0 Å². The van der Waals surface area contributed by atoms with Crippen molar-refractivity contribution in [1.82, 2.24) is 0 Å². The van der Waals surface area contributed by atoms with Crippen LogP contribution in [0.1, 0.15) is 74.9 Å². The molecule has 1 heterocycles. The molecule has 0 bridgehead atoms. The number of furan rings is 1. The van der Waals surface area contributed by atoms with Crippen LogP contribution in [0.15, 0.2) is 308 Å². The summed E-state index contributed by atoms with van der Waals surface area (Å²) in [5.74, 6) is 0. The minimum Gasteiger partial charge on any atom is -0.455 e. The van der Waals surface area contributed by atoms with Gasteiger partial charge in [0.1, 0.15) is 11.2 Å². The molecule has 14 aromatic rings. The Hall–Kier alpha value is -10.7. The van der Waals surface area contributed by atoms with Gasteiger partial charge in [0.15, 0.2) is 0 Å². The minimum atomic E-state index is -0.793. The van der Waals surface area contributed by atoms with Crippen LogP contribution in [0.4, 0.5) is 34.1 Å². The fourth-order valence-electron chi connectivity index (χ4n) is 14.6. The monoisotopic (exact) mass is 1160 g/mol. The molecule has 0 amide bonds. The van der Waals surface area contributed by atoms with Gasteiger partial charge >= 0.3 is 0 Å². The first-order valence-corrected chi connectivity index (χ1v) is 31.6. The van der Waals surface area contributed by atoms with Gasteiger partial charge in [-0.3, -0.25) is 0 Å². The number of fused-ring (bicyclic) bond motifs is 14. The van der Waals surface area contributed by atoms with E-state index in [0.29, 0.717) is 0 Å². The summed E-state index contributed by atoms with van der Waals surface area (Å²) in [4.78, 5) is 5.04. The molecule has 0 saturated heterocycles. The van der Waals surface area contributed by atoms with Crippen LogP contribution in [-0.2, 0) is 16.2 Å². The van der Waals surface area contributed by atoms with Gasteiger partial charge in [0.2, 0.25) is 0 Å². The molecule has 1 aromatic heterocycles. The number of hydrogen-bond acceptors (Lipinski definition) is 3. The Morgan fingerprint density at radius 3 is 1.23 bits per heavy atom. The van der Waals surface area contributed by atoms with Crippen LogP contribution in [-0.4, -0.2) is 0 Å². The average Bonchev–Trinajstić information content (AvgIpc) is 1.50. The number of nitrogens with zero attached hydrogens (tertiary/aromatic N) is 2. The third-order valence-electron chi connectivity index (χ3n) is 19.0. The maximum absolute atomic E-state index is 7.58. The zero-order valence-corrected chi connectivity index (χ0v) is 51.7. The molecule has 16 rings (SSSR count). The van der Waals surface area contributed by atoms with Gasteiger partial charge in [0.25, 0.3) is 0 Å². The highest BCUT2D eigenvalue weighted by Crippen LogP contribution is 2.66. The van der Waals surface area contributed by atoms with Crippen molar-refractivity contribution in [3.05, 3.63) is 337 Å². The SMILES string of the molecule is CC(C)(C)c1ccc(N(c2ccc3c(c2)C2(c4ccccc4-c4ccccc42)c2cc(N(c4ccc(C(C)(C)C)cc4)c4ccc(-c5ccccc5)cc4-c4ccccc4)c4c(oc5ccccc54)c2-3)c2ccc(-c3ccccc3)cc2-c2ccccc2)cc1. The summed E-state index contributed by atoms with van der Waals surface area (Å²) < 4.78 is 7.58. The second-order valence-electron chi connectivity index (χ2n) is 26.4. The normalized spacial score (nSPS) is 12.9. The van der Waals surface area contributed by atoms with E-state index in [1.165, 1.54) is 55.6 Å². The Bertz CT molecular complexity index is 5000. The van der Waals surface area contributed by atoms with Crippen LogP contribution in [0.3, 0.4) is 0 Å². The lowest BCUT2D eigenvalue weighted by Crippen LogP contribution is -2.26. The number of hydrogen-bond donors (Lipinski definition) is 0. The highest BCUT2D eigenvalue weighted by Gasteiger charge is 2.53. The van der Waals surface area contributed by atoms with Gasteiger partial charge in [-0.05, 0) is 167 Å². The van der Waals surface area contributed by atoms with Gasteiger partial charge in [0.05, 0.1) is 27.9 Å². The fourth-order valence-corrected chi connectivity index (χ4v) is 14.6. The van der Waals surface area contributed by atoms with E-state index in [2.05, 4.69) is 355 Å². The molecular weight excluding hydrogens is 1090 g/mol. The molecule has 13 aromatic carbocycles. The molecule has 0 radical (unpaired) electrons. The van der Waals surface area contributed by atoms with Crippen LogP contribution >= 0.6 is 0 Å². The van der Waals surface area contributed by atoms with Crippen molar-refractivity contribution in [3.8, 4) is 66.8 Å². The van der Waals surface area contributed by atoms with Crippen molar-refractivity contribution in [2.75, 3.05) is 9.80 Å². The molecule has 0 N–H and O–H groups in total. The van der Waals surface area contributed by atoms with E-state index in [-0.39, 0.29) is 10.8 Å². The standard InChI is InChI=1S/C87H68N2O/c1-85(2,3)63-41-45-65(46-42-63)88(78-51-39-61(57-25-11-7-12-26-57)53-72(78)59-29-15-9-16-30-59)67-49-50-70-76(55-67)87(74-36-22-19-33-68(74)69-34-20-23-37-75(69)87)77-56-80(83-71-35-21-24-38-81(71)90-84(83)82(70)77)89(66-47-43-64(44-48-66)86(4,5)6)79-52-40-62(58-27-13-8-14-28-58)54-73(79)60-31-17-10-18-32-60/h7-56H,1-6H3. The van der Waals surface area contributed by atoms with Crippen molar-refractivity contribution in [2.45, 2.75) is 57.8 Å². The molecule has 2 aliphatic rings. The van der Waals surface area contributed by atoms with Crippen molar-refractivity contribution < 1.29 is 4.42 Å². The van der Waals surface area contributed by atoms with Crippen molar-refractivity contribution in [1.29, 1.82) is 0 Å². The topological polar surface area (TPSA) is 19.6 Å². The lowest BCUT2D eigenvalue weighted by Gasteiger charge is -2.34. The summed E-state index contributed by atoms with van der Waals surface area (Å²) >= 11 is 0. The first-order valence-electron chi connectivity index (χ1n) is 31.6. The molecule has 0 atom stereocenters. The third kappa shape index (κ3) is 8.85. The van der Waals surface area contributed by atoms with Crippen LogP contribution < -0.4 is 9.80 Å². The zero-order valence-electron chi connectivity index (χ0n) is 51.7. The summed E-state index contributed by atoms with van der Waals surface area (Å²) in [7, 11) is 0. The number of benzene rings is 13. The Labute approximate surface area is 528 Å². The minimum absolute atomic E-state index is 0.0358. The molecule has 3 heteroatoms. The summed E-state index contributed by atoms with van der Waals surface area (Å²) in [6.45, 7) is 13.8. The van der Waals surface area contributed by atoms with Gasteiger partial charge in [-0.25, -0.2) is 0 Å². The predicted molar refractivity (Wildman–Crippen MR) is 379 cm³/mol. The van der Waals surface area contributed by atoms with E-state index in [0.717, 1.165) is 101 Å². The van der Waals surface area contributed by atoms with Crippen LogP contribution in [0, 0.1) is 0 Å². The molecule has 0 fully saturated rings. The summed E-state index contributed by atoms with van der Waals surface area (Å²) in [5, 5.41) is 2.13. The molecule has 0 aliphatic heterocycles. The fraction of sp³-hybridized carbons (Fsp3) is 0.103. The highest BCUT2D eigenvalue weighted by atomic mass is 16.3. The van der Waals surface area contributed by atoms with Gasteiger partial charge in [-0.1, -0.05) is 272 Å². The highest BCUT2D eigenvalue weighted by molar-refractivity contribution is 6.20. The van der Waals surface area contributed by atoms with E-state index >= 15 is 0 Å².